The molecule has 3 heterocycles. The van der Waals surface area contributed by atoms with Crippen molar-refractivity contribution in [1.82, 2.24) is 0 Å². The van der Waals surface area contributed by atoms with Gasteiger partial charge in [-0.25, -0.2) is 0 Å². The Morgan fingerprint density at radius 1 is 1.06 bits per heavy atom. The first kappa shape index (κ1) is 12.8. The molecule has 0 unspecified atom stereocenters. The first-order chi connectivity index (χ1) is 8.27. The zero-order chi connectivity index (χ0) is 13.2. The van der Waals surface area contributed by atoms with Crippen LogP contribution >= 0.6 is 0 Å². The second-order valence-corrected chi connectivity index (χ2v) is 5.96. The van der Waals surface area contributed by atoms with Crippen molar-refractivity contribution in [3.8, 4) is 0 Å². The molecule has 0 aliphatic carbocycles. The molecule has 6 nitrogen and oxygen atoms in total. The largest absolute Gasteiger partial charge is 0.394 e. The van der Waals surface area contributed by atoms with E-state index in [0.29, 0.717) is 0 Å². The van der Waals surface area contributed by atoms with Gasteiger partial charge in [0.05, 0.1) is 6.61 Å². The first-order valence-electron chi connectivity index (χ1n) is 6.25. The highest BCUT2D eigenvalue weighted by molar-refractivity contribution is 5.05. The fraction of sp³-hybridized carbons (Fsp3) is 1.00. The molecule has 1 N–H and O–H groups in total. The van der Waals surface area contributed by atoms with Crippen molar-refractivity contribution in [2.24, 2.45) is 0 Å². The molecule has 3 rings (SSSR count). The summed E-state index contributed by atoms with van der Waals surface area (Å²) in [5.74, 6) is -2.39. The normalized spacial score (nSPS) is 48.8. The lowest BCUT2D eigenvalue weighted by Crippen LogP contribution is -2.46. The third-order valence-corrected chi connectivity index (χ3v) is 3.50. The zero-order valence-electron chi connectivity index (χ0n) is 11.1. The summed E-state index contributed by atoms with van der Waals surface area (Å²) in [6.07, 6.45) is -1.16. The van der Waals surface area contributed by atoms with Gasteiger partial charge in [-0.15, -0.1) is 0 Å². The van der Waals surface area contributed by atoms with Gasteiger partial charge in [-0.2, -0.15) is 0 Å². The van der Waals surface area contributed by atoms with Gasteiger partial charge in [0.15, 0.2) is 11.6 Å². The fourth-order valence-corrected chi connectivity index (χ4v) is 2.88. The molecule has 0 aromatic heterocycles. The summed E-state index contributed by atoms with van der Waals surface area (Å²) < 4.78 is 28.9. The molecule has 0 amide bonds. The topological polar surface area (TPSA) is 66.4 Å². The molecule has 0 bridgehead atoms. The summed E-state index contributed by atoms with van der Waals surface area (Å²) in [6.45, 7) is 7.48. The maximum atomic E-state index is 9.40. The minimum Gasteiger partial charge on any atom is -0.394 e. The summed E-state index contributed by atoms with van der Waals surface area (Å²) in [5, 5.41) is 9.40. The van der Waals surface area contributed by atoms with Crippen LogP contribution in [-0.2, 0) is 23.7 Å². The molecule has 1 spiro atoms. The predicted octanol–water partition coefficient (Wildman–Crippen LogP) is 0.377. The van der Waals surface area contributed by atoms with Crippen molar-refractivity contribution < 1.29 is 28.8 Å². The number of hydrogen-bond donors (Lipinski definition) is 1. The maximum Gasteiger partial charge on any atom is 0.224 e. The van der Waals surface area contributed by atoms with Crippen LogP contribution in [0.15, 0.2) is 0 Å². The third kappa shape index (κ3) is 1.79. The van der Waals surface area contributed by atoms with Crippen molar-refractivity contribution in [1.29, 1.82) is 0 Å². The molecule has 0 aromatic rings. The van der Waals surface area contributed by atoms with Crippen molar-refractivity contribution in [2.75, 3.05) is 13.2 Å². The lowest BCUT2D eigenvalue weighted by molar-refractivity contribution is -0.298. The van der Waals surface area contributed by atoms with Crippen molar-refractivity contribution in [3.63, 3.8) is 0 Å². The van der Waals surface area contributed by atoms with Crippen LogP contribution in [0.3, 0.4) is 0 Å². The molecule has 3 aliphatic rings. The highest BCUT2D eigenvalue weighted by Gasteiger charge is 2.67. The Morgan fingerprint density at radius 3 is 2.33 bits per heavy atom. The van der Waals surface area contributed by atoms with Crippen LogP contribution in [0.5, 0.6) is 0 Å². The lowest BCUT2D eigenvalue weighted by atomic mass is 10.1. The second kappa shape index (κ2) is 3.65. The van der Waals surface area contributed by atoms with E-state index in [4.69, 9.17) is 23.7 Å². The van der Waals surface area contributed by atoms with E-state index >= 15 is 0 Å². The monoisotopic (exact) mass is 260 g/mol. The summed E-state index contributed by atoms with van der Waals surface area (Å²) in [6, 6.07) is 0. The summed E-state index contributed by atoms with van der Waals surface area (Å²) in [4.78, 5) is 0. The van der Waals surface area contributed by atoms with Gasteiger partial charge in [0.25, 0.3) is 0 Å². The van der Waals surface area contributed by atoms with Crippen LogP contribution in [0.2, 0.25) is 0 Å². The van der Waals surface area contributed by atoms with Gasteiger partial charge >= 0.3 is 0 Å². The quantitative estimate of drug-likeness (QED) is 0.735. The van der Waals surface area contributed by atoms with Crippen LogP contribution in [0, 0.1) is 0 Å². The van der Waals surface area contributed by atoms with Crippen molar-refractivity contribution in [2.45, 2.75) is 63.4 Å². The second-order valence-electron chi connectivity index (χ2n) is 5.96. The van der Waals surface area contributed by atoms with Gasteiger partial charge in [0.2, 0.25) is 5.79 Å². The molecule has 6 heteroatoms. The number of hydrogen-bond acceptors (Lipinski definition) is 6. The fourth-order valence-electron chi connectivity index (χ4n) is 2.88. The summed E-state index contributed by atoms with van der Waals surface area (Å²) >= 11 is 0. The maximum absolute atomic E-state index is 9.40. The molecule has 3 aliphatic heterocycles. The van der Waals surface area contributed by atoms with Crippen molar-refractivity contribution in [3.05, 3.63) is 0 Å². The molecule has 3 fully saturated rings. The van der Waals surface area contributed by atoms with Gasteiger partial charge in [-0.1, -0.05) is 0 Å². The highest BCUT2D eigenvalue weighted by Crippen LogP contribution is 2.49. The molecule has 0 radical (unpaired) electrons. The zero-order valence-corrected chi connectivity index (χ0v) is 11.1. The lowest BCUT2D eigenvalue weighted by Gasteiger charge is -2.30. The van der Waals surface area contributed by atoms with Crippen LogP contribution in [-0.4, -0.2) is 54.0 Å². The van der Waals surface area contributed by atoms with E-state index in [1.54, 1.807) is 0 Å². The molecule has 3 saturated heterocycles. The average molecular weight is 260 g/mol. The SMILES string of the molecule is CC1(C)O[C@H]2[C@@H](O1)[C@@]1(COC(C)(C)O1)O[C@@H]2CO. The van der Waals surface area contributed by atoms with Gasteiger partial charge in [0.1, 0.15) is 24.9 Å². The first-order valence-corrected chi connectivity index (χ1v) is 6.25. The van der Waals surface area contributed by atoms with Crippen LogP contribution < -0.4 is 0 Å². The van der Waals surface area contributed by atoms with Gasteiger partial charge in [-0.3, -0.25) is 0 Å². The van der Waals surface area contributed by atoms with E-state index < -0.39 is 23.5 Å². The van der Waals surface area contributed by atoms with Crippen LogP contribution in [0.4, 0.5) is 0 Å². The number of aliphatic hydroxyl groups excluding tert-OH is 1. The van der Waals surface area contributed by atoms with Gasteiger partial charge in [-0.05, 0) is 27.7 Å². The predicted molar refractivity (Wildman–Crippen MR) is 59.6 cm³/mol. The standard InChI is InChI=1S/C12H20O6/c1-10(2)14-6-12(18-10)9-8(7(5-13)15-12)16-11(3,4)17-9/h7-9,13H,5-6H2,1-4H3/t7-,8-,9-,12+/m1/s1. The minimum absolute atomic E-state index is 0.133. The Morgan fingerprint density at radius 2 is 1.78 bits per heavy atom. The molecule has 4 atom stereocenters. The molecule has 104 valence electrons. The number of aliphatic hydroxyl groups is 1. The van der Waals surface area contributed by atoms with Crippen LogP contribution in [0.25, 0.3) is 0 Å². The van der Waals surface area contributed by atoms with E-state index in [9.17, 15) is 5.11 Å². The molecule has 18 heavy (non-hydrogen) atoms. The average Bonchev–Trinajstić information content (AvgIpc) is 2.81. The summed E-state index contributed by atoms with van der Waals surface area (Å²) in [7, 11) is 0. The number of fused-ring (bicyclic) bond motifs is 2. The summed E-state index contributed by atoms with van der Waals surface area (Å²) in [5.41, 5.74) is 0. The van der Waals surface area contributed by atoms with E-state index in [0.717, 1.165) is 0 Å². The van der Waals surface area contributed by atoms with E-state index in [2.05, 4.69) is 0 Å². The van der Waals surface area contributed by atoms with E-state index in [1.807, 2.05) is 27.7 Å². The van der Waals surface area contributed by atoms with Crippen molar-refractivity contribution >= 4 is 0 Å². The Hall–Kier alpha value is -0.240. The van der Waals surface area contributed by atoms with Gasteiger partial charge < -0.3 is 28.8 Å². The smallest absolute Gasteiger partial charge is 0.224 e. The molecular weight excluding hydrogens is 240 g/mol. The third-order valence-electron chi connectivity index (χ3n) is 3.50. The van der Waals surface area contributed by atoms with Gasteiger partial charge in [0, 0.05) is 0 Å². The van der Waals surface area contributed by atoms with Crippen LogP contribution in [0.1, 0.15) is 27.7 Å². The Balaban J connectivity index is 1.89. The van der Waals surface area contributed by atoms with E-state index in [-0.39, 0.29) is 25.4 Å². The highest BCUT2D eigenvalue weighted by atomic mass is 16.9. The molecular formula is C12H20O6. The minimum atomic E-state index is -0.977. The molecule has 0 aromatic carbocycles. The molecule has 0 saturated carbocycles. The number of rotatable bonds is 1. The Bertz CT molecular complexity index is 354. The van der Waals surface area contributed by atoms with E-state index in [1.165, 1.54) is 0 Å². The Labute approximate surface area is 106 Å². The Kier molecular flexibility index (Phi) is 2.59. The number of ether oxygens (including phenoxy) is 5.